The topological polar surface area (TPSA) is 53.4 Å². The van der Waals surface area contributed by atoms with Crippen LogP contribution in [0.15, 0.2) is 29.0 Å². The van der Waals surface area contributed by atoms with Gasteiger partial charge in [-0.25, -0.2) is 0 Å². The third-order valence-electron chi connectivity index (χ3n) is 3.38. The summed E-state index contributed by atoms with van der Waals surface area (Å²) in [5, 5.41) is 13.2. The minimum Gasteiger partial charge on any atom is -0.394 e. The molecule has 1 atom stereocenters. The number of nitrogens with zero attached hydrogens (tertiary/aromatic N) is 2. The van der Waals surface area contributed by atoms with E-state index in [1.165, 1.54) is 4.90 Å². The number of likely N-dealkylation sites (N-methyl/N-ethyl adjacent to an activating group) is 1. The highest BCUT2D eigenvalue weighted by molar-refractivity contribution is 7.08. The number of hydrogen-bond acceptors (Lipinski definition) is 4. The molecular formula is C15H18N2O2S. The van der Waals surface area contributed by atoms with E-state index in [4.69, 9.17) is 5.11 Å². The molecule has 106 valence electrons. The summed E-state index contributed by atoms with van der Waals surface area (Å²) in [4.78, 5) is 18.4. The molecule has 0 aliphatic carbocycles. The Morgan fingerprint density at radius 2 is 2.20 bits per heavy atom. The second-order valence-electron chi connectivity index (χ2n) is 4.79. The Labute approximate surface area is 122 Å². The highest BCUT2D eigenvalue weighted by atomic mass is 32.1. The Morgan fingerprint density at radius 1 is 1.45 bits per heavy atom. The lowest BCUT2D eigenvalue weighted by Crippen LogP contribution is -2.37. The highest BCUT2D eigenvalue weighted by Gasteiger charge is 2.19. The van der Waals surface area contributed by atoms with Gasteiger partial charge in [0, 0.05) is 18.0 Å². The summed E-state index contributed by atoms with van der Waals surface area (Å²) in [5.41, 5.74) is 3.22. The number of aromatic nitrogens is 1. The van der Waals surface area contributed by atoms with Gasteiger partial charge in [-0.15, -0.1) is 0 Å². The summed E-state index contributed by atoms with van der Waals surface area (Å²) in [7, 11) is 1.69. The van der Waals surface area contributed by atoms with Crippen molar-refractivity contribution in [3.8, 4) is 11.3 Å². The molecule has 2 heterocycles. The van der Waals surface area contributed by atoms with Gasteiger partial charge >= 0.3 is 0 Å². The maximum Gasteiger partial charge on any atom is 0.255 e. The second kappa shape index (κ2) is 6.15. The van der Waals surface area contributed by atoms with Crippen LogP contribution in [0.1, 0.15) is 23.0 Å². The lowest BCUT2D eigenvalue weighted by Gasteiger charge is -2.23. The van der Waals surface area contributed by atoms with Gasteiger partial charge < -0.3 is 10.0 Å². The number of aliphatic hydroxyl groups is 1. The van der Waals surface area contributed by atoms with Gasteiger partial charge in [0.1, 0.15) is 0 Å². The largest absolute Gasteiger partial charge is 0.394 e. The first-order valence-corrected chi connectivity index (χ1v) is 7.37. The van der Waals surface area contributed by atoms with Gasteiger partial charge in [-0.05, 0) is 37.4 Å². The number of aliphatic hydroxyl groups excluding tert-OH is 1. The van der Waals surface area contributed by atoms with Crippen LogP contribution < -0.4 is 0 Å². The molecule has 0 saturated heterocycles. The highest BCUT2D eigenvalue weighted by Crippen LogP contribution is 2.22. The summed E-state index contributed by atoms with van der Waals surface area (Å²) in [6.45, 7) is 3.59. The van der Waals surface area contributed by atoms with E-state index in [1.54, 1.807) is 31.4 Å². The Hall–Kier alpha value is -1.72. The summed E-state index contributed by atoms with van der Waals surface area (Å²) in [6.07, 6.45) is 0. The van der Waals surface area contributed by atoms with Gasteiger partial charge in [0.05, 0.1) is 29.6 Å². The lowest BCUT2D eigenvalue weighted by molar-refractivity contribution is 0.0681. The molecule has 20 heavy (non-hydrogen) atoms. The summed E-state index contributed by atoms with van der Waals surface area (Å²) in [6, 6.07) is 5.46. The zero-order valence-electron chi connectivity index (χ0n) is 11.8. The van der Waals surface area contributed by atoms with Gasteiger partial charge in [0.2, 0.25) is 0 Å². The molecular weight excluding hydrogens is 272 g/mol. The van der Waals surface area contributed by atoms with Crippen molar-refractivity contribution in [3.05, 3.63) is 40.2 Å². The molecule has 2 aromatic heterocycles. The normalized spacial score (nSPS) is 12.2. The smallest absolute Gasteiger partial charge is 0.255 e. The number of pyridine rings is 1. The fourth-order valence-corrected chi connectivity index (χ4v) is 2.52. The van der Waals surface area contributed by atoms with Crippen LogP contribution in [0.3, 0.4) is 0 Å². The molecule has 0 aliphatic heterocycles. The molecule has 0 aromatic carbocycles. The van der Waals surface area contributed by atoms with E-state index in [0.29, 0.717) is 11.3 Å². The maximum atomic E-state index is 12.3. The third-order valence-corrected chi connectivity index (χ3v) is 4.06. The van der Waals surface area contributed by atoms with Gasteiger partial charge in [0.25, 0.3) is 5.91 Å². The molecule has 5 heteroatoms. The van der Waals surface area contributed by atoms with Crippen molar-refractivity contribution in [2.24, 2.45) is 0 Å². The number of carbonyl (C=O) groups excluding carboxylic acids is 1. The van der Waals surface area contributed by atoms with E-state index in [1.807, 2.05) is 29.8 Å². The predicted octanol–water partition coefficient (Wildman–Crippen LogP) is 2.57. The average molecular weight is 290 g/mol. The van der Waals surface area contributed by atoms with Gasteiger partial charge in [-0.1, -0.05) is 0 Å². The van der Waals surface area contributed by atoms with Crippen molar-refractivity contribution in [2.75, 3.05) is 13.7 Å². The molecule has 0 aliphatic rings. The summed E-state index contributed by atoms with van der Waals surface area (Å²) >= 11 is 1.62. The molecule has 0 radical (unpaired) electrons. The van der Waals surface area contributed by atoms with E-state index >= 15 is 0 Å². The second-order valence-corrected chi connectivity index (χ2v) is 5.57. The number of aryl methyl sites for hydroxylation is 1. The van der Waals surface area contributed by atoms with Crippen LogP contribution in [0.4, 0.5) is 0 Å². The third kappa shape index (κ3) is 2.89. The van der Waals surface area contributed by atoms with Crippen LogP contribution in [0.25, 0.3) is 11.3 Å². The van der Waals surface area contributed by atoms with Crippen molar-refractivity contribution in [1.29, 1.82) is 0 Å². The molecule has 1 amide bonds. The summed E-state index contributed by atoms with van der Waals surface area (Å²) < 4.78 is 0. The predicted molar refractivity (Wildman–Crippen MR) is 80.9 cm³/mol. The first-order valence-electron chi connectivity index (χ1n) is 6.42. The van der Waals surface area contributed by atoms with Crippen LogP contribution in [0.5, 0.6) is 0 Å². The van der Waals surface area contributed by atoms with Crippen LogP contribution >= 0.6 is 11.3 Å². The monoisotopic (exact) mass is 290 g/mol. The first kappa shape index (κ1) is 14.7. The van der Waals surface area contributed by atoms with Crippen LogP contribution in [-0.4, -0.2) is 40.6 Å². The van der Waals surface area contributed by atoms with Crippen molar-refractivity contribution >= 4 is 17.2 Å². The number of amides is 1. The fraction of sp³-hybridized carbons (Fsp3) is 0.333. The van der Waals surface area contributed by atoms with Crippen molar-refractivity contribution < 1.29 is 9.90 Å². The van der Waals surface area contributed by atoms with E-state index < -0.39 is 0 Å². The zero-order chi connectivity index (χ0) is 14.7. The molecule has 0 bridgehead atoms. The SMILES string of the molecule is Cc1nc(-c2ccsc2)ccc1C(=O)N(C)C(C)CO. The standard InChI is InChI=1S/C15H18N2O2S/c1-10(8-18)17(3)15(19)13-4-5-14(16-11(13)2)12-6-7-20-9-12/h4-7,9-10,18H,8H2,1-3H3. The molecule has 4 nitrogen and oxygen atoms in total. The number of rotatable bonds is 4. The quantitative estimate of drug-likeness (QED) is 0.941. The van der Waals surface area contributed by atoms with Crippen LogP contribution in [0, 0.1) is 6.92 Å². The maximum absolute atomic E-state index is 12.3. The Morgan fingerprint density at radius 3 is 2.75 bits per heavy atom. The molecule has 1 N–H and O–H groups in total. The van der Waals surface area contributed by atoms with Crippen LogP contribution in [-0.2, 0) is 0 Å². The Kier molecular flexibility index (Phi) is 4.52. The molecule has 0 saturated carbocycles. The van der Waals surface area contributed by atoms with E-state index in [9.17, 15) is 4.79 Å². The lowest BCUT2D eigenvalue weighted by atomic mass is 10.1. The molecule has 2 aromatic rings. The summed E-state index contributed by atoms with van der Waals surface area (Å²) in [5.74, 6) is -0.117. The number of carbonyl (C=O) groups is 1. The van der Waals surface area contributed by atoms with Gasteiger partial charge in [-0.3, -0.25) is 9.78 Å². The van der Waals surface area contributed by atoms with Crippen LogP contribution in [0.2, 0.25) is 0 Å². The molecule has 2 rings (SSSR count). The minimum atomic E-state index is -0.210. The van der Waals surface area contributed by atoms with Gasteiger partial charge in [-0.2, -0.15) is 11.3 Å². The minimum absolute atomic E-state index is 0.0539. The van der Waals surface area contributed by atoms with Crippen molar-refractivity contribution in [3.63, 3.8) is 0 Å². The first-order chi connectivity index (χ1) is 9.54. The Bertz CT molecular complexity index is 596. The van der Waals surface area contributed by atoms with E-state index in [0.717, 1.165) is 11.3 Å². The Balaban J connectivity index is 2.28. The average Bonchev–Trinajstić information content (AvgIpc) is 2.99. The molecule has 1 unspecified atom stereocenters. The van der Waals surface area contributed by atoms with Crippen molar-refractivity contribution in [1.82, 2.24) is 9.88 Å². The van der Waals surface area contributed by atoms with Crippen molar-refractivity contribution in [2.45, 2.75) is 19.9 Å². The van der Waals surface area contributed by atoms with E-state index in [-0.39, 0.29) is 18.6 Å². The van der Waals surface area contributed by atoms with E-state index in [2.05, 4.69) is 4.98 Å². The molecule has 0 fully saturated rings. The molecule has 0 spiro atoms. The fourth-order valence-electron chi connectivity index (χ4n) is 1.87. The zero-order valence-corrected chi connectivity index (χ0v) is 12.6. The van der Waals surface area contributed by atoms with Gasteiger partial charge in [0.15, 0.2) is 0 Å². The number of thiophene rings is 1. The number of hydrogen-bond donors (Lipinski definition) is 1.